The number of ketones is 1. The largest absolute Gasteiger partial charge is 0.459 e. The molecule has 3 aliphatic heterocycles. The van der Waals surface area contributed by atoms with Gasteiger partial charge in [-0.15, -0.1) is 0 Å². The van der Waals surface area contributed by atoms with Crippen LogP contribution in [0.3, 0.4) is 0 Å². The van der Waals surface area contributed by atoms with Crippen molar-refractivity contribution in [3.63, 3.8) is 0 Å². The van der Waals surface area contributed by atoms with Crippen LogP contribution in [0.25, 0.3) is 0 Å². The number of Topliss-reactive ketones (excluding diaryl/α,β-unsaturated/α-hetero) is 1. The Morgan fingerprint density at radius 2 is 1.49 bits per heavy atom. The van der Waals surface area contributed by atoms with Gasteiger partial charge in [-0.3, -0.25) is 9.59 Å². The molecular formula is C36H65NO12. The fourth-order valence-corrected chi connectivity index (χ4v) is 7.97. The molecule has 4 N–H and O–H groups in total. The highest BCUT2D eigenvalue weighted by atomic mass is 16.7. The van der Waals surface area contributed by atoms with Crippen molar-refractivity contribution in [3.8, 4) is 0 Å². The van der Waals surface area contributed by atoms with E-state index in [1.54, 1.807) is 41.5 Å². The van der Waals surface area contributed by atoms with Gasteiger partial charge in [0.05, 0.1) is 42.0 Å². The third-order valence-electron chi connectivity index (χ3n) is 11.4. The van der Waals surface area contributed by atoms with Crippen molar-refractivity contribution in [2.45, 2.75) is 167 Å². The van der Waals surface area contributed by atoms with Crippen LogP contribution in [-0.4, -0.2) is 137 Å². The monoisotopic (exact) mass is 703 g/mol. The number of hydrogen-bond acceptors (Lipinski definition) is 13. The number of rotatable bonds is 7. The average molecular weight is 704 g/mol. The van der Waals surface area contributed by atoms with Crippen molar-refractivity contribution >= 4 is 11.8 Å². The molecule has 18 atom stereocenters. The molecule has 3 saturated heterocycles. The second kappa shape index (κ2) is 17.5. The van der Waals surface area contributed by atoms with Crippen LogP contribution in [0.2, 0.25) is 0 Å². The smallest absolute Gasteiger partial charge is 0.311 e. The van der Waals surface area contributed by atoms with E-state index < -0.39 is 96.7 Å². The lowest BCUT2D eigenvalue weighted by Gasteiger charge is -2.47. The van der Waals surface area contributed by atoms with Crippen LogP contribution in [0.5, 0.6) is 0 Å². The van der Waals surface area contributed by atoms with Crippen molar-refractivity contribution < 1.29 is 58.4 Å². The minimum absolute atomic E-state index is 0.166. The first-order chi connectivity index (χ1) is 22.8. The Morgan fingerprint density at radius 3 is 2.06 bits per heavy atom. The molecule has 49 heavy (non-hydrogen) atoms. The SMILES string of the molecule is CCC1OC(=O)C(C)C(O[C@H]2C[C@@](C)(OC)[C@@H](O)C(C)O2)C(C)[C@@H](OC2OC(C)CC(N(C)C)[C@H]2O)C(C)C[C@@H](C)C(=O)[C@H](C)[C@@H](O)C1O. The molecule has 0 radical (unpaired) electrons. The fourth-order valence-electron chi connectivity index (χ4n) is 7.97. The molecule has 10 unspecified atom stereocenters. The summed E-state index contributed by atoms with van der Waals surface area (Å²) in [5.74, 6) is -4.14. The summed E-state index contributed by atoms with van der Waals surface area (Å²) >= 11 is 0. The number of methoxy groups -OCH3 is 1. The van der Waals surface area contributed by atoms with Gasteiger partial charge in [0.25, 0.3) is 0 Å². The number of hydrogen-bond donors (Lipinski definition) is 4. The van der Waals surface area contributed by atoms with Crippen LogP contribution in [0.1, 0.15) is 88.0 Å². The highest BCUT2D eigenvalue weighted by Gasteiger charge is 2.50. The van der Waals surface area contributed by atoms with E-state index in [-0.39, 0.29) is 36.7 Å². The molecule has 0 spiro atoms. The number of esters is 1. The third kappa shape index (κ3) is 9.60. The van der Waals surface area contributed by atoms with Gasteiger partial charge in [0.15, 0.2) is 12.6 Å². The molecule has 0 saturated carbocycles. The number of ether oxygens (including phenoxy) is 6. The zero-order chi connectivity index (χ0) is 37.1. The summed E-state index contributed by atoms with van der Waals surface area (Å²) in [5.41, 5.74) is -0.989. The normalized spacial score (nSPS) is 48.2. The molecule has 0 aromatic rings. The summed E-state index contributed by atoms with van der Waals surface area (Å²) in [5, 5.41) is 44.5. The van der Waals surface area contributed by atoms with E-state index in [1.807, 2.05) is 39.8 Å². The number of likely N-dealkylation sites (N-methyl/N-ethyl adjacent to an activating group) is 1. The molecule has 0 aliphatic carbocycles. The number of aliphatic hydroxyl groups is 4. The second-order valence-corrected chi connectivity index (χ2v) is 15.5. The highest BCUT2D eigenvalue weighted by molar-refractivity contribution is 5.83. The molecule has 3 aliphatic rings. The number of cyclic esters (lactones) is 1. The van der Waals surface area contributed by atoms with E-state index in [0.717, 1.165) is 0 Å². The Kier molecular flexibility index (Phi) is 15.1. The minimum Gasteiger partial charge on any atom is -0.459 e. The van der Waals surface area contributed by atoms with Gasteiger partial charge < -0.3 is 53.7 Å². The molecule has 0 amide bonds. The lowest BCUT2D eigenvalue weighted by atomic mass is 9.77. The summed E-state index contributed by atoms with van der Waals surface area (Å²) < 4.78 is 37.2. The quantitative estimate of drug-likeness (QED) is 0.285. The van der Waals surface area contributed by atoms with E-state index >= 15 is 0 Å². The van der Waals surface area contributed by atoms with Crippen molar-refractivity contribution in [2.75, 3.05) is 21.2 Å². The first kappa shape index (κ1) is 42.2. The maximum absolute atomic E-state index is 13.9. The maximum atomic E-state index is 13.9. The van der Waals surface area contributed by atoms with Crippen molar-refractivity contribution in [2.24, 2.45) is 29.6 Å². The van der Waals surface area contributed by atoms with Crippen LogP contribution in [0.15, 0.2) is 0 Å². The summed E-state index contributed by atoms with van der Waals surface area (Å²) in [7, 11) is 5.30. The van der Waals surface area contributed by atoms with Gasteiger partial charge in [-0.1, -0.05) is 34.6 Å². The zero-order valence-electron chi connectivity index (χ0n) is 31.6. The lowest BCUT2D eigenvalue weighted by Crippen LogP contribution is -2.58. The number of aliphatic hydroxyl groups excluding tert-OH is 4. The number of carbonyl (C=O) groups excluding carboxylic acids is 2. The summed E-state index contributed by atoms with van der Waals surface area (Å²) in [6.07, 6.45) is -8.92. The van der Waals surface area contributed by atoms with Gasteiger partial charge in [0.1, 0.15) is 30.2 Å². The van der Waals surface area contributed by atoms with Gasteiger partial charge in [0, 0.05) is 37.3 Å². The Balaban J connectivity index is 2.10. The van der Waals surface area contributed by atoms with E-state index in [4.69, 9.17) is 28.4 Å². The van der Waals surface area contributed by atoms with Gasteiger partial charge in [-0.2, -0.15) is 0 Å². The fraction of sp³-hybridized carbons (Fsp3) is 0.944. The number of carbonyl (C=O) groups is 2. The molecule has 3 heterocycles. The van der Waals surface area contributed by atoms with Gasteiger partial charge in [-0.25, -0.2) is 0 Å². The predicted octanol–water partition coefficient (Wildman–Crippen LogP) is 2.28. The molecular weight excluding hydrogens is 638 g/mol. The highest BCUT2D eigenvalue weighted by Crippen LogP contribution is 2.39. The first-order valence-electron chi connectivity index (χ1n) is 18.1. The topological polar surface area (TPSA) is 174 Å². The molecule has 3 fully saturated rings. The van der Waals surface area contributed by atoms with Crippen molar-refractivity contribution in [1.82, 2.24) is 4.90 Å². The molecule has 13 nitrogen and oxygen atoms in total. The van der Waals surface area contributed by atoms with E-state index in [9.17, 15) is 30.0 Å². The lowest BCUT2D eigenvalue weighted by molar-refractivity contribution is -0.309. The Labute approximate surface area is 292 Å². The Hall–Kier alpha value is -1.26. The second-order valence-electron chi connectivity index (χ2n) is 15.5. The molecule has 0 aromatic heterocycles. The number of nitrogens with zero attached hydrogens (tertiary/aromatic N) is 1. The van der Waals surface area contributed by atoms with E-state index in [0.29, 0.717) is 12.8 Å². The van der Waals surface area contributed by atoms with Crippen LogP contribution < -0.4 is 0 Å². The van der Waals surface area contributed by atoms with Gasteiger partial charge in [0.2, 0.25) is 0 Å². The summed E-state index contributed by atoms with van der Waals surface area (Å²) in [6, 6.07) is -0.227. The minimum atomic E-state index is -1.48. The predicted molar refractivity (Wildman–Crippen MR) is 180 cm³/mol. The Bertz CT molecular complexity index is 1080. The Morgan fingerprint density at radius 1 is 0.857 bits per heavy atom. The van der Waals surface area contributed by atoms with Crippen LogP contribution in [0, 0.1) is 29.6 Å². The molecule has 0 aromatic carbocycles. The standard InChI is InChI=1S/C36H65NO12/c1-13-25-30(41)28(39)20(5)27(38)17(2)14-18(3)31(49-35-29(40)24(37(10)11)15-19(4)45-35)21(6)32(22(7)34(43)47-25)48-26-16-36(9,44-12)33(42)23(8)46-26/h17-26,28-33,35,39-42H,13-16H2,1-12H3/t17-,18?,19?,20+,21?,22?,23?,24?,25?,26+,28-,29-,30?,31+,32?,33+,35?,36-/m1/s1. The molecule has 0 bridgehead atoms. The van der Waals surface area contributed by atoms with Crippen LogP contribution in [0.4, 0.5) is 0 Å². The van der Waals surface area contributed by atoms with Crippen molar-refractivity contribution in [1.29, 1.82) is 0 Å². The van der Waals surface area contributed by atoms with Crippen molar-refractivity contribution in [3.05, 3.63) is 0 Å². The molecule has 3 rings (SSSR count). The van der Waals surface area contributed by atoms with Gasteiger partial charge >= 0.3 is 5.97 Å². The summed E-state index contributed by atoms with van der Waals surface area (Å²) in [4.78, 5) is 29.5. The third-order valence-corrected chi connectivity index (χ3v) is 11.4. The van der Waals surface area contributed by atoms with E-state index in [2.05, 4.69) is 0 Å². The van der Waals surface area contributed by atoms with Gasteiger partial charge in [-0.05, 0) is 67.0 Å². The van der Waals surface area contributed by atoms with Crippen LogP contribution in [-0.2, 0) is 38.0 Å². The zero-order valence-corrected chi connectivity index (χ0v) is 31.6. The van der Waals surface area contributed by atoms with E-state index in [1.165, 1.54) is 7.11 Å². The maximum Gasteiger partial charge on any atom is 0.311 e. The average Bonchev–Trinajstić information content (AvgIpc) is 3.05. The molecule has 13 heteroatoms. The van der Waals surface area contributed by atoms with Crippen LogP contribution >= 0.6 is 0 Å². The summed E-state index contributed by atoms with van der Waals surface area (Å²) in [6.45, 7) is 16.0. The molecule has 286 valence electrons. The first-order valence-corrected chi connectivity index (χ1v) is 18.1.